The Morgan fingerprint density at radius 2 is 2.06 bits per heavy atom. The zero-order valence-corrected chi connectivity index (χ0v) is 10.1. The van der Waals surface area contributed by atoms with E-state index >= 15 is 0 Å². The summed E-state index contributed by atoms with van der Waals surface area (Å²) in [5.74, 6) is 0.760. The Kier molecular flexibility index (Phi) is 2.84. The van der Waals surface area contributed by atoms with Crippen LogP contribution in [0, 0.1) is 0 Å². The van der Waals surface area contributed by atoms with Crippen molar-refractivity contribution >= 4 is 5.82 Å². The van der Waals surface area contributed by atoms with Gasteiger partial charge in [-0.2, -0.15) is 0 Å². The fourth-order valence-electron chi connectivity index (χ4n) is 2.43. The standard InChI is InChI=1S/C14H15N3O/c18-14-8-13(15-10-16-14)17-7-3-6-11-4-1-2-5-12(11)9-17/h1-2,4-5,8,10H,3,6-7,9H2,(H,15,16,18). The van der Waals surface area contributed by atoms with Crippen LogP contribution in [0.2, 0.25) is 0 Å². The molecule has 0 saturated heterocycles. The highest BCUT2D eigenvalue weighted by Crippen LogP contribution is 2.21. The number of aromatic nitrogens is 2. The highest BCUT2D eigenvalue weighted by molar-refractivity contribution is 5.41. The third-order valence-electron chi connectivity index (χ3n) is 3.34. The van der Waals surface area contributed by atoms with Crippen LogP contribution in [0.25, 0.3) is 0 Å². The average Bonchev–Trinajstić information content (AvgIpc) is 2.60. The number of benzene rings is 1. The first kappa shape index (κ1) is 11.0. The Morgan fingerprint density at radius 3 is 2.89 bits per heavy atom. The summed E-state index contributed by atoms with van der Waals surface area (Å²) in [7, 11) is 0. The fraction of sp³-hybridized carbons (Fsp3) is 0.286. The zero-order valence-electron chi connectivity index (χ0n) is 10.1. The number of fused-ring (bicyclic) bond motifs is 1. The van der Waals surface area contributed by atoms with E-state index in [0.717, 1.165) is 31.7 Å². The molecule has 0 atom stereocenters. The van der Waals surface area contributed by atoms with Gasteiger partial charge in [-0.15, -0.1) is 0 Å². The molecule has 4 nitrogen and oxygen atoms in total. The first-order valence-corrected chi connectivity index (χ1v) is 6.19. The predicted octanol–water partition coefficient (Wildman–Crippen LogP) is 1.72. The van der Waals surface area contributed by atoms with E-state index in [1.54, 1.807) is 6.07 Å². The number of hydrogen-bond donors (Lipinski definition) is 1. The van der Waals surface area contributed by atoms with Gasteiger partial charge in [-0.25, -0.2) is 4.98 Å². The van der Waals surface area contributed by atoms with Crippen LogP contribution in [0.15, 0.2) is 41.5 Å². The summed E-state index contributed by atoms with van der Waals surface area (Å²) in [6, 6.07) is 10.0. The van der Waals surface area contributed by atoms with Crippen LogP contribution in [0.1, 0.15) is 17.5 Å². The van der Waals surface area contributed by atoms with Crippen molar-refractivity contribution in [2.24, 2.45) is 0 Å². The van der Waals surface area contributed by atoms with Crippen molar-refractivity contribution in [2.75, 3.05) is 11.4 Å². The molecule has 0 aliphatic carbocycles. The topological polar surface area (TPSA) is 49.0 Å². The van der Waals surface area contributed by atoms with Crippen LogP contribution in [0.4, 0.5) is 5.82 Å². The lowest BCUT2D eigenvalue weighted by Crippen LogP contribution is -2.25. The second kappa shape index (κ2) is 4.64. The van der Waals surface area contributed by atoms with Gasteiger partial charge in [0.15, 0.2) is 0 Å². The van der Waals surface area contributed by atoms with Crippen LogP contribution in [-0.2, 0) is 13.0 Å². The van der Waals surface area contributed by atoms with E-state index in [4.69, 9.17) is 0 Å². The second-order valence-electron chi connectivity index (χ2n) is 4.56. The lowest BCUT2D eigenvalue weighted by Gasteiger charge is -2.21. The summed E-state index contributed by atoms with van der Waals surface area (Å²) in [5.41, 5.74) is 2.64. The van der Waals surface area contributed by atoms with Gasteiger partial charge >= 0.3 is 0 Å². The minimum Gasteiger partial charge on any atom is -0.352 e. The van der Waals surface area contributed by atoms with Crippen LogP contribution in [0.5, 0.6) is 0 Å². The Hall–Kier alpha value is -2.10. The van der Waals surface area contributed by atoms with E-state index in [9.17, 15) is 4.79 Å². The maximum atomic E-state index is 11.3. The van der Waals surface area contributed by atoms with Crippen LogP contribution >= 0.6 is 0 Å². The van der Waals surface area contributed by atoms with Crippen LogP contribution in [-0.4, -0.2) is 16.5 Å². The summed E-state index contributed by atoms with van der Waals surface area (Å²) >= 11 is 0. The molecule has 1 aromatic carbocycles. The van der Waals surface area contributed by atoms with Gasteiger partial charge in [0.05, 0.1) is 6.33 Å². The number of nitrogens with zero attached hydrogens (tertiary/aromatic N) is 2. The second-order valence-corrected chi connectivity index (χ2v) is 4.56. The molecule has 92 valence electrons. The third-order valence-corrected chi connectivity index (χ3v) is 3.34. The highest BCUT2D eigenvalue weighted by atomic mass is 16.1. The average molecular weight is 241 g/mol. The lowest BCUT2D eigenvalue weighted by molar-refractivity contribution is 0.751. The van der Waals surface area contributed by atoms with Crippen molar-refractivity contribution in [3.05, 3.63) is 58.1 Å². The summed E-state index contributed by atoms with van der Waals surface area (Å²) in [6.07, 6.45) is 3.65. The molecule has 18 heavy (non-hydrogen) atoms. The molecule has 1 aliphatic rings. The third kappa shape index (κ3) is 2.14. The Balaban J connectivity index is 1.94. The molecule has 4 heteroatoms. The molecule has 1 aliphatic heterocycles. The zero-order chi connectivity index (χ0) is 12.4. The molecule has 0 fully saturated rings. The van der Waals surface area contributed by atoms with E-state index in [0.29, 0.717) is 0 Å². The van der Waals surface area contributed by atoms with Crippen molar-refractivity contribution in [1.29, 1.82) is 0 Å². The van der Waals surface area contributed by atoms with E-state index in [-0.39, 0.29) is 5.56 Å². The van der Waals surface area contributed by atoms with Gasteiger partial charge in [0.25, 0.3) is 5.56 Å². The first-order valence-electron chi connectivity index (χ1n) is 6.19. The van der Waals surface area contributed by atoms with Gasteiger partial charge in [0.2, 0.25) is 0 Å². The van der Waals surface area contributed by atoms with Crippen molar-refractivity contribution in [2.45, 2.75) is 19.4 Å². The van der Waals surface area contributed by atoms with E-state index in [1.807, 2.05) is 0 Å². The summed E-state index contributed by atoms with van der Waals surface area (Å²) in [6.45, 7) is 1.76. The Morgan fingerprint density at radius 1 is 1.22 bits per heavy atom. The van der Waals surface area contributed by atoms with Crippen molar-refractivity contribution in [3.8, 4) is 0 Å². The van der Waals surface area contributed by atoms with Crippen molar-refractivity contribution in [3.63, 3.8) is 0 Å². The molecule has 0 amide bonds. The minimum atomic E-state index is -0.0995. The maximum absolute atomic E-state index is 11.3. The molecule has 1 aromatic heterocycles. The monoisotopic (exact) mass is 241 g/mol. The molecule has 0 unspecified atom stereocenters. The number of aryl methyl sites for hydroxylation is 1. The van der Waals surface area contributed by atoms with Crippen LogP contribution < -0.4 is 10.5 Å². The van der Waals surface area contributed by atoms with Crippen molar-refractivity contribution < 1.29 is 0 Å². The van der Waals surface area contributed by atoms with Gasteiger partial charge in [-0.1, -0.05) is 24.3 Å². The normalized spacial score (nSPS) is 15.0. The molecule has 0 bridgehead atoms. The van der Waals surface area contributed by atoms with Crippen molar-refractivity contribution in [1.82, 2.24) is 9.97 Å². The van der Waals surface area contributed by atoms with Crippen LogP contribution in [0.3, 0.4) is 0 Å². The summed E-state index contributed by atoms with van der Waals surface area (Å²) in [4.78, 5) is 20.3. The number of hydrogen-bond acceptors (Lipinski definition) is 3. The summed E-state index contributed by atoms with van der Waals surface area (Å²) in [5, 5.41) is 0. The summed E-state index contributed by atoms with van der Waals surface area (Å²) < 4.78 is 0. The van der Waals surface area contributed by atoms with E-state index in [1.165, 1.54) is 17.5 Å². The van der Waals surface area contributed by atoms with E-state index in [2.05, 4.69) is 39.1 Å². The largest absolute Gasteiger partial charge is 0.352 e. The SMILES string of the molecule is O=c1cc(N2CCCc3ccccc3C2)nc[nH]1. The molecule has 0 radical (unpaired) electrons. The molecule has 2 heterocycles. The lowest BCUT2D eigenvalue weighted by atomic mass is 10.0. The van der Waals surface area contributed by atoms with Gasteiger partial charge in [-0.3, -0.25) is 4.79 Å². The molecule has 0 saturated carbocycles. The molecule has 0 spiro atoms. The van der Waals surface area contributed by atoms with Gasteiger partial charge in [0, 0.05) is 19.2 Å². The maximum Gasteiger partial charge on any atom is 0.252 e. The van der Waals surface area contributed by atoms with Gasteiger partial charge in [0.1, 0.15) is 5.82 Å². The Bertz CT molecular complexity index is 606. The molecular formula is C14H15N3O. The number of rotatable bonds is 1. The highest BCUT2D eigenvalue weighted by Gasteiger charge is 2.15. The molecule has 2 aromatic rings. The fourth-order valence-corrected chi connectivity index (χ4v) is 2.43. The van der Waals surface area contributed by atoms with E-state index < -0.39 is 0 Å². The first-order chi connectivity index (χ1) is 8.83. The van der Waals surface area contributed by atoms with Gasteiger partial charge < -0.3 is 9.88 Å². The molecule has 3 rings (SSSR count). The number of aromatic amines is 1. The Labute approximate surface area is 105 Å². The number of H-pyrrole nitrogens is 1. The quantitative estimate of drug-likeness (QED) is 0.827. The number of anilines is 1. The molecular weight excluding hydrogens is 226 g/mol. The number of nitrogens with one attached hydrogen (secondary N) is 1. The smallest absolute Gasteiger partial charge is 0.252 e. The minimum absolute atomic E-state index is 0.0995. The van der Waals surface area contributed by atoms with Gasteiger partial charge in [-0.05, 0) is 24.0 Å². The molecule has 1 N–H and O–H groups in total. The predicted molar refractivity (Wildman–Crippen MR) is 70.7 cm³/mol.